The largest absolute Gasteiger partial charge is 0.458 e. The number of nitrogens with one attached hydrogen (secondary N) is 1. The zero-order chi connectivity index (χ0) is 26.3. The molecule has 9 heteroatoms. The molecule has 2 saturated heterocycles. The Morgan fingerprint density at radius 3 is 2.78 bits per heavy atom. The summed E-state index contributed by atoms with van der Waals surface area (Å²) in [4.78, 5) is 25.7. The van der Waals surface area contributed by atoms with Gasteiger partial charge >= 0.3 is 5.97 Å². The maximum Gasteiger partial charge on any atom is 0.306 e. The van der Waals surface area contributed by atoms with E-state index in [1.54, 1.807) is 11.8 Å². The average molecular weight is 522 g/mol. The first kappa shape index (κ1) is 28.9. The molecule has 0 spiro atoms. The summed E-state index contributed by atoms with van der Waals surface area (Å²) >= 11 is 1.60. The summed E-state index contributed by atoms with van der Waals surface area (Å²) in [6.07, 6.45) is 7.91. The predicted molar refractivity (Wildman–Crippen MR) is 142 cm³/mol. The molecule has 2 fully saturated rings. The minimum atomic E-state index is -0.684. The second-order valence-electron chi connectivity index (χ2n) is 10.7. The van der Waals surface area contributed by atoms with Gasteiger partial charge in [0.05, 0.1) is 30.6 Å². The molecule has 0 radical (unpaired) electrons. The SMILES string of the molecule is CNCCn1nc(SC)cc1/C=C(\C)C1CC2OC2CCCCC(O)CC(=O)C(C)(C)CCC(=O)O1. The number of aromatic nitrogens is 2. The van der Waals surface area contributed by atoms with E-state index < -0.39 is 17.6 Å². The maximum atomic E-state index is 12.9. The number of epoxide rings is 1. The van der Waals surface area contributed by atoms with E-state index >= 15 is 0 Å². The van der Waals surface area contributed by atoms with Gasteiger partial charge in [0, 0.05) is 31.2 Å². The van der Waals surface area contributed by atoms with Crippen LogP contribution in [-0.4, -0.2) is 70.9 Å². The molecule has 2 aliphatic rings. The first-order chi connectivity index (χ1) is 17.1. The zero-order valence-corrected chi connectivity index (χ0v) is 23.2. The number of fused-ring (bicyclic) bond motifs is 1. The van der Waals surface area contributed by atoms with Crippen LogP contribution in [0.2, 0.25) is 0 Å². The molecule has 0 saturated carbocycles. The Bertz CT molecular complexity index is 929. The number of cyclic esters (lactones) is 1. The number of aliphatic hydroxyl groups excluding tert-OH is 1. The fourth-order valence-electron chi connectivity index (χ4n) is 4.61. The van der Waals surface area contributed by atoms with Crippen molar-refractivity contribution in [1.29, 1.82) is 0 Å². The lowest BCUT2D eigenvalue weighted by molar-refractivity contribution is -0.148. The van der Waals surface area contributed by atoms with Crippen LogP contribution in [0.4, 0.5) is 0 Å². The van der Waals surface area contributed by atoms with Gasteiger partial charge in [-0.15, -0.1) is 11.8 Å². The summed E-state index contributed by atoms with van der Waals surface area (Å²) in [5.41, 5.74) is 1.25. The molecule has 1 aromatic rings. The third-order valence-corrected chi connectivity index (χ3v) is 7.89. The molecule has 202 valence electrons. The highest BCUT2D eigenvalue weighted by Crippen LogP contribution is 2.35. The van der Waals surface area contributed by atoms with Gasteiger partial charge in [0.25, 0.3) is 0 Å². The topological polar surface area (TPSA) is 106 Å². The number of Topliss-reactive ketones (excluding diaryl/α,β-unsaturated/α-hetero) is 1. The third kappa shape index (κ3) is 8.43. The van der Waals surface area contributed by atoms with Gasteiger partial charge in [-0.1, -0.05) is 26.7 Å². The van der Waals surface area contributed by atoms with Crippen LogP contribution in [0.15, 0.2) is 16.7 Å². The van der Waals surface area contributed by atoms with Crippen molar-refractivity contribution in [2.24, 2.45) is 5.41 Å². The first-order valence-electron chi connectivity index (χ1n) is 13.1. The van der Waals surface area contributed by atoms with Crippen molar-refractivity contribution in [3.05, 3.63) is 17.3 Å². The molecular weight excluding hydrogens is 478 g/mol. The van der Waals surface area contributed by atoms with Crippen molar-refractivity contribution in [1.82, 2.24) is 15.1 Å². The molecule has 4 unspecified atom stereocenters. The molecule has 3 heterocycles. The summed E-state index contributed by atoms with van der Waals surface area (Å²) < 4.78 is 13.9. The van der Waals surface area contributed by atoms with Crippen LogP contribution in [0.1, 0.15) is 77.8 Å². The number of aliphatic hydroxyl groups is 1. The van der Waals surface area contributed by atoms with Crippen LogP contribution in [0.5, 0.6) is 0 Å². The molecule has 36 heavy (non-hydrogen) atoms. The number of nitrogens with zero attached hydrogens (tertiary/aromatic N) is 2. The Morgan fingerprint density at radius 2 is 2.06 bits per heavy atom. The number of ether oxygens (including phenoxy) is 2. The number of rotatable bonds is 6. The van der Waals surface area contributed by atoms with Crippen LogP contribution in [0.3, 0.4) is 0 Å². The van der Waals surface area contributed by atoms with Gasteiger partial charge < -0.3 is 19.9 Å². The Labute approximate surface area is 219 Å². The van der Waals surface area contributed by atoms with Crippen LogP contribution < -0.4 is 5.32 Å². The van der Waals surface area contributed by atoms with Crippen LogP contribution in [-0.2, 0) is 25.6 Å². The van der Waals surface area contributed by atoms with Gasteiger partial charge in [-0.3, -0.25) is 14.3 Å². The van der Waals surface area contributed by atoms with Gasteiger partial charge in [0.15, 0.2) is 0 Å². The number of carbonyl (C=O) groups excluding carboxylic acids is 2. The van der Waals surface area contributed by atoms with E-state index in [9.17, 15) is 14.7 Å². The van der Waals surface area contributed by atoms with E-state index in [1.807, 2.05) is 38.8 Å². The monoisotopic (exact) mass is 521 g/mol. The van der Waals surface area contributed by atoms with E-state index in [1.165, 1.54) is 0 Å². The fraction of sp³-hybridized carbons (Fsp3) is 0.741. The molecule has 2 N–H and O–H groups in total. The number of esters is 1. The van der Waals surface area contributed by atoms with E-state index in [-0.39, 0.29) is 36.8 Å². The Morgan fingerprint density at radius 1 is 1.31 bits per heavy atom. The zero-order valence-electron chi connectivity index (χ0n) is 22.4. The second-order valence-corrected chi connectivity index (χ2v) is 11.5. The van der Waals surface area contributed by atoms with E-state index in [0.29, 0.717) is 19.3 Å². The molecule has 0 amide bonds. The number of thioether (sulfide) groups is 1. The summed E-state index contributed by atoms with van der Waals surface area (Å²) in [6.45, 7) is 7.23. The van der Waals surface area contributed by atoms with Gasteiger partial charge in [-0.05, 0) is 57.2 Å². The molecular formula is C27H43N3O5S. The van der Waals surface area contributed by atoms with Gasteiger partial charge in [-0.25, -0.2) is 0 Å². The van der Waals surface area contributed by atoms with E-state index in [2.05, 4.69) is 22.6 Å². The normalized spacial score (nSPS) is 28.4. The summed E-state index contributed by atoms with van der Waals surface area (Å²) in [6, 6.07) is 2.06. The third-order valence-electron chi connectivity index (χ3n) is 7.27. The van der Waals surface area contributed by atoms with Gasteiger partial charge in [-0.2, -0.15) is 5.10 Å². The van der Waals surface area contributed by atoms with Crippen molar-refractivity contribution >= 4 is 29.6 Å². The lowest BCUT2D eigenvalue weighted by Crippen LogP contribution is -2.30. The predicted octanol–water partition coefficient (Wildman–Crippen LogP) is 4.00. The van der Waals surface area contributed by atoms with Gasteiger partial charge in [0.2, 0.25) is 0 Å². The molecule has 4 atom stereocenters. The van der Waals surface area contributed by atoms with Crippen LogP contribution in [0.25, 0.3) is 6.08 Å². The minimum Gasteiger partial charge on any atom is -0.458 e. The summed E-state index contributed by atoms with van der Waals surface area (Å²) in [7, 11) is 1.92. The van der Waals surface area contributed by atoms with Crippen molar-refractivity contribution in [3.63, 3.8) is 0 Å². The standard InChI is InChI=1S/C27H43N3O5S/c1-18(14-19-15-25(36-5)29-30(19)13-12-28-4)22-17-23-21(34-23)9-7-6-8-20(31)16-24(32)27(2,3)11-10-26(33)35-22/h14-15,20-23,28,31H,6-13,16-17H2,1-5H3/b18-14+. The van der Waals surface area contributed by atoms with E-state index in [0.717, 1.165) is 48.6 Å². The molecule has 8 nitrogen and oxygen atoms in total. The van der Waals surface area contributed by atoms with Crippen LogP contribution >= 0.6 is 11.8 Å². The average Bonchev–Trinajstić information content (AvgIpc) is 3.46. The summed E-state index contributed by atoms with van der Waals surface area (Å²) in [5.74, 6) is -0.320. The van der Waals surface area contributed by atoms with Gasteiger partial charge in [0.1, 0.15) is 16.9 Å². The molecule has 1 aromatic heterocycles. The highest BCUT2D eigenvalue weighted by Gasteiger charge is 2.41. The first-order valence-corrected chi connectivity index (χ1v) is 14.4. The highest BCUT2D eigenvalue weighted by atomic mass is 32.2. The summed E-state index contributed by atoms with van der Waals surface area (Å²) in [5, 5.41) is 19.1. The maximum absolute atomic E-state index is 12.9. The van der Waals surface area contributed by atoms with Crippen molar-refractivity contribution in [3.8, 4) is 0 Å². The lowest BCUT2D eigenvalue weighted by atomic mass is 9.80. The smallest absolute Gasteiger partial charge is 0.306 e. The van der Waals surface area contributed by atoms with Crippen LogP contribution in [0, 0.1) is 5.41 Å². The minimum absolute atomic E-state index is 0.00691. The number of likely N-dealkylation sites (N-methyl/N-ethyl adjacent to an activating group) is 1. The second kappa shape index (κ2) is 13.2. The van der Waals surface area contributed by atoms with Crippen molar-refractivity contribution in [2.75, 3.05) is 19.8 Å². The number of hydrogen-bond acceptors (Lipinski definition) is 8. The lowest BCUT2D eigenvalue weighted by Gasteiger charge is -2.25. The molecule has 0 bridgehead atoms. The molecule has 0 aliphatic carbocycles. The van der Waals surface area contributed by atoms with E-state index in [4.69, 9.17) is 9.47 Å². The number of ketones is 1. The quantitative estimate of drug-likeness (QED) is 0.329. The molecule has 3 rings (SSSR count). The number of carbonyl (C=O) groups is 2. The number of hydrogen-bond donors (Lipinski definition) is 2. The molecule has 0 aromatic carbocycles. The highest BCUT2D eigenvalue weighted by molar-refractivity contribution is 7.98. The Balaban J connectivity index is 1.78. The molecule has 2 aliphatic heterocycles. The Hall–Kier alpha value is -1.68. The Kier molecular flexibility index (Phi) is 10.6. The fourth-order valence-corrected chi connectivity index (χ4v) is 5.03. The van der Waals surface area contributed by atoms with Crippen molar-refractivity contribution in [2.45, 2.75) is 108 Å². The van der Waals surface area contributed by atoms with Crippen molar-refractivity contribution < 1.29 is 24.2 Å².